The van der Waals surface area contributed by atoms with E-state index in [0.29, 0.717) is 25.6 Å². The minimum Gasteiger partial charge on any atom is -0.355 e. The van der Waals surface area contributed by atoms with Gasteiger partial charge in [-0.15, -0.1) is 12.4 Å². The number of nitrogens with one attached hydrogen (secondary N) is 2. The van der Waals surface area contributed by atoms with E-state index in [4.69, 9.17) is 0 Å². The summed E-state index contributed by atoms with van der Waals surface area (Å²) in [4.78, 5) is 12.3. The number of hydrogen-bond donors (Lipinski definition) is 2. The molecule has 1 amide bonds. The van der Waals surface area contributed by atoms with Gasteiger partial charge >= 0.3 is 0 Å². The molecule has 1 aromatic rings. The Morgan fingerprint density at radius 1 is 1.24 bits per heavy atom. The third kappa shape index (κ3) is 5.41. The summed E-state index contributed by atoms with van der Waals surface area (Å²) in [6.07, 6.45) is 1.49. The molecule has 0 bridgehead atoms. The first-order valence-corrected chi connectivity index (χ1v) is 10.2. The van der Waals surface area contributed by atoms with Crippen LogP contribution in [0.3, 0.4) is 0 Å². The molecule has 140 valence electrons. The minimum absolute atomic E-state index is 0. The second kappa shape index (κ2) is 8.98. The molecule has 2 heterocycles. The molecule has 0 aromatic heterocycles. The van der Waals surface area contributed by atoms with Crippen molar-refractivity contribution in [2.24, 2.45) is 11.8 Å². The highest BCUT2D eigenvalue weighted by molar-refractivity contribution is 7.88. The molecule has 1 unspecified atom stereocenters. The van der Waals surface area contributed by atoms with Gasteiger partial charge in [0.25, 0.3) is 0 Å². The largest absolute Gasteiger partial charge is 0.355 e. The first kappa shape index (κ1) is 20.2. The Labute approximate surface area is 155 Å². The summed E-state index contributed by atoms with van der Waals surface area (Å²) in [5.74, 6) is 0.255. The fraction of sp³-hybridized carbons (Fsp3) is 0.588. The molecule has 3 rings (SSSR count). The summed E-state index contributed by atoms with van der Waals surface area (Å²) in [5.41, 5.74) is 0.779. The van der Waals surface area contributed by atoms with Gasteiger partial charge in [0.1, 0.15) is 0 Å². The van der Waals surface area contributed by atoms with Crippen molar-refractivity contribution >= 4 is 28.3 Å². The van der Waals surface area contributed by atoms with Crippen LogP contribution in [0.25, 0.3) is 0 Å². The van der Waals surface area contributed by atoms with Gasteiger partial charge in [-0.1, -0.05) is 30.3 Å². The summed E-state index contributed by atoms with van der Waals surface area (Å²) in [5, 5.41) is 6.15. The van der Waals surface area contributed by atoms with E-state index in [1.165, 1.54) is 4.31 Å². The van der Waals surface area contributed by atoms with Gasteiger partial charge in [0, 0.05) is 38.6 Å². The van der Waals surface area contributed by atoms with Crippen LogP contribution >= 0.6 is 12.4 Å². The van der Waals surface area contributed by atoms with Crippen molar-refractivity contribution in [1.82, 2.24) is 14.9 Å². The number of carbonyl (C=O) groups excluding carboxylic acids is 1. The summed E-state index contributed by atoms with van der Waals surface area (Å²) in [6, 6.07) is 9.19. The van der Waals surface area contributed by atoms with E-state index in [1.807, 2.05) is 30.3 Å². The number of halogens is 1. The maximum Gasteiger partial charge on any atom is 0.224 e. The van der Waals surface area contributed by atoms with E-state index in [0.717, 1.165) is 31.5 Å². The van der Waals surface area contributed by atoms with Gasteiger partial charge in [-0.2, -0.15) is 0 Å². The summed E-state index contributed by atoms with van der Waals surface area (Å²) in [7, 11) is -3.38. The van der Waals surface area contributed by atoms with Crippen LogP contribution in [0.15, 0.2) is 30.3 Å². The molecule has 1 aromatic carbocycles. The molecule has 2 N–H and O–H groups in total. The Morgan fingerprint density at radius 2 is 1.96 bits per heavy atom. The van der Waals surface area contributed by atoms with E-state index in [2.05, 4.69) is 10.6 Å². The first-order chi connectivity index (χ1) is 11.5. The van der Waals surface area contributed by atoms with Gasteiger partial charge in [0.2, 0.25) is 15.9 Å². The van der Waals surface area contributed by atoms with Crippen LogP contribution in [0.5, 0.6) is 0 Å². The van der Waals surface area contributed by atoms with Crippen LogP contribution in [0.4, 0.5) is 0 Å². The molecule has 0 saturated carbocycles. The highest BCUT2D eigenvalue weighted by Gasteiger charge is 2.32. The third-order valence-electron chi connectivity index (χ3n) is 4.77. The Kier molecular flexibility index (Phi) is 7.25. The Hall–Kier alpha value is -1.15. The number of benzene rings is 1. The van der Waals surface area contributed by atoms with Crippen LogP contribution < -0.4 is 10.6 Å². The quantitative estimate of drug-likeness (QED) is 0.762. The lowest BCUT2D eigenvalue weighted by atomic mass is 9.98. The Bertz CT molecular complexity index is 665. The van der Waals surface area contributed by atoms with Gasteiger partial charge in [0.05, 0.1) is 11.7 Å². The van der Waals surface area contributed by atoms with Crippen LogP contribution in [0, 0.1) is 11.8 Å². The van der Waals surface area contributed by atoms with Gasteiger partial charge in [0.15, 0.2) is 0 Å². The van der Waals surface area contributed by atoms with E-state index < -0.39 is 10.0 Å². The summed E-state index contributed by atoms with van der Waals surface area (Å²) < 4.78 is 26.7. The van der Waals surface area contributed by atoms with Gasteiger partial charge in [-0.3, -0.25) is 4.79 Å². The molecule has 25 heavy (non-hydrogen) atoms. The number of piperidine rings is 1. The third-order valence-corrected chi connectivity index (χ3v) is 6.59. The first-order valence-electron chi connectivity index (χ1n) is 8.55. The Balaban J connectivity index is 0.00000225. The average Bonchev–Trinajstić information content (AvgIpc) is 2.54. The molecule has 0 radical (unpaired) electrons. The molecule has 2 aliphatic heterocycles. The smallest absolute Gasteiger partial charge is 0.224 e. The van der Waals surface area contributed by atoms with Crippen LogP contribution in [-0.4, -0.2) is 51.4 Å². The summed E-state index contributed by atoms with van der Waals surface area (Å²) in [6.45, 7) is 3.37. The maximum atomic E-state index is 12.6. The van der Waals surface area contributed by atoms with Crippen molar-refractivity contribution in [1.29, 1.82) is 0 Å². The highest BCUT2D eigenvalue weighted by Crippen LogP contribution is 2.21. The van der Waals surface area contributed by atoms with Gasteiger partial charge in [-0.05, 0) is 18.4 Å². The maximum absolute atomic E-state index is 12.6. The summed E-state index contributed by atoms with van der Waals surface area (Å²) >= 11 is 0. The van der Waals surface area contributed by atoms with Gasteiger partial charge < -0.3 is 10.6 Å². The number of amides is 1. The van der Waals surface area contributed by atoms with E-state index >= 15 is 0 Å². The molecule has 6 nitrogen and oxygen atoms in total. The van der Waals surface area contributed by atoms with Crippen LogP contribution in [-0.2, 0) is 20.6 Å². The number of rotatable bonds is 6. The fourth-order valence-electron chi connectivity index (χ4n) is 3.17. The lowest BCUT2D eigenvalue weighted by Gasteiger charge is -2.32. The lowest BCUT2D eigenvalue weighted by Crippen LogP contribution is -2.51. The number of sulfonamides is 1. The average molecular weight is 388 g/mol. The molecule has 2 fully saturated rings. The zero-order valence-corrected chi connectivity index (χ0v) is 15.8. The zero-order chi connectivity index (χ0) is 17.0. The molecule has 2 aliphatic rings. The topological polar surface area (TPSA) is 78.5 Å². The molecule has 0 spiro atoms. The number of nitrogens with zero attached hydrogens (tertiary/aromatic N) is 1. The van der Waals surface area contributed by atoms with Crippen LogP contribution in [0.1, 0.15) is 18.4 Å². The standard InChI is InChI=1S/C17H25N3O3S.ClH/c21-17(19-11-15-9-18-10-15)16-7-4-8-20(12-16)24(22,23)13-14-5-2-1-3-6-14;/h1-3,5-6,15-16,18H,4,7-13H2,(H,19,21);1H. The molecular formula is C17H26ClN3O3S. The SMILES string of the molecule is Cl.O=C(NCC1CNC1)C1CCCN(S(=O)(=O)Cc2ccccc2)C1. The zero-order valence-electron chi connectivity index (χ0n) is 14.2. The van der Waals surface area contributed by atoms with Crippen molar-refractivity contribution in [3.8, 4) is 0 Å². The predicted octanol–water partition coefficient (Wildman–Crippen LogP) is 0.986. The number of carbonyl (C=O) groups is 1. The fourth-order valence-corrected chi connectivity index (χ4v) is 4.78. The molecule has 1 atom stereocenters. The molecule has 0 aliphatic carbocycles. The van der Waals surface area contributed by atoms with Crippen molar-refractivity contribution < 1.29 is 13.2 Å². The number of hydrogen-bond acceptors (Lipinski definition) is 4. The molecule has 8 heteroatoms. The highest BCUT2D eigenvalue weighted by atomic mass is 35.5. The second-order valence-electron chi connectivity index (χ2n) is 6.71. The predicted molar refractivity (Wildman–Crippen MR) is 100.0 cm³/mol. The molecule has 2 saturated heterocycles. The normalized spacial score (nSPS) is 21.8. The van der Waals surface area contributed by atoms with Gasteiger partial charge in [-0.25, -0.2) is 12.7 Å². The van der Waals surface area contributed by atoms with Crippen molar-refractivity contribution in [3.05, 3.63) is 35.9 Å². The van der Waals surface area contributed by atoms with E-state index in [9.17, 15) is 13.2 Å². The van der Waals surface area contributed by atoms with Crippen molar-refractivity contribution in [3.63, 3.8) is 0 Å². The van der Waals surface area contributed by atoms with Crippen molar-refractivity contribution in [2.45, 2.75) is 18.6 Å². The van der Waals surface area contributed by atoms with E-state index in [-0.39, 0.29) is 30.0 Å². The van der Waals surface area contributed by atoms with E-state index in [1.54, 1.807) is 0 Å². The minimum atomic E-state index is -3.38. The van der Waals surface area contributed by atoms with Crippen molar-refractivity contribution in [2.75, 3.05) is 32.7 Å². The molecular weight excluding hydrogens is 362 g/mol. The van der Waals surface area contributed by atoms with Crippen LogP contribution in [0.2, 0.25) is 0 Å². The lowest BCUT2D eigenvalue weighted by molar-refractivity contribution is -0.126. The Morgan fingerprint density at radius 3 is 2.60 bits per heavy atom. The monoisotopic (exact) mass is 387 g/mol. The second-order valence-corrected chi connectivity index (χ2v) is 8.68.